The Kier molecular flexibility index (Phi) is 4.29. The van der Waals surface area contributed by atoms with Gasteiger partial charge in [0.2, 0.25) is 0 Å². The van der Waals surface area contributed by atoms with E-state index < -0.39 is 0 Å². The van der Waals surface area contributed by atoms with Gasteiger partial charge in [0.15, 0.2) is 0 Å². The van der Waals surface area contributed by atoms with Crippen LogP contribution in [0.1, 0.15) is 24.8 Å². The third kappa shape index (κ3) is 3.69. The predicted octanol–water partition coefficient (Wildman–Crippen LogP) is 3.87. The first-order valence-electron chi connectivity index (χ1n) is 7.74. The number of nitrogens with zero attached hydrogens (tertiary/aromatic N) is 1. The topological polar surface area (TPSA) is 41.3 Å². The largest absolute Gasteiger partial charge is 0.399 e. The molecule has 1 aliphatic heterocycles. The number of benzene rings is 2. The maximum atomic E-state index is 5.70. The average Bonchev–Trinajstić information content (AvgIpc) is 2.56. The van der Waals surface area contributed by atoms with E-state index >= 15 is 0 Å². The summed E-state index contributed by atoms with van der Waals surface area (Å²) in [5, 5.41) is 3.45. The molecule has 2 aromatic carbocycles. The zero-order valence-electron chi connectivity index (χ0n) is 12.4. The van der Waals surface area contributed by atoms with Crippen LogP contribution in [0.25, 0.3) is 0 Å². The zero-order chi connectivity index (χ0) is 14.5. The van der Waals surface area contributed by atoms with Crippen molar-refractivity contribution in [3.63, 3.8) is 0 Å². The van der Waals surface area contributed by atoms with Crippen LogP contribution in [0.15, 0.2) is 48.5 Å². The van der Waals surface area contributed by atoms with Crippen LogP contribution in [0.2, 0.25) is 0 Å². The first-order valence-corrected chi connectivity index (χ1v) is 7.74. The van der Waals surface area contributed by atoms with Crippen LogP contribution >= 0.6 is 0 Å². The van der Waals surface area contributed by atoms with Gasteiger partial charge in [-0.15, -0.1) is 0 Å². The summed E-state index contributed by atoms with van der Waals surface area (Å²) >= 11 is 0. The van der Waals surface area contributed by atoms with Crippen molar-refractivity contribution in [2.24, 2.45) is 0 Å². The number of hydrogen-bond donors (Lipinski definition) is 2. The molecule has 3 nitrogen and oxygen atoms in total. The van der Waals surface area contributed by atoms with Gasteiger partial charge >= 0.3 is 0 Å². The molecule has 1 saturated heterocycles. The van der Waals surface area contributed by atoms with Crippen molar-refractivity contribution >= 4 is 17.1 Å². The van der Waals surface area contributed by atoms with Crippen LogP contribution in [0.5, 0.6) is 0 Å². The fraction of sp³-hybridized carbons (Fsp3) is 0.333. The average molecular weight is 281 g/mol. The van der Waals surface area contributed by atoms with Crippen molar-refractivity contribution in [1.29, 1.82) is 0 Å². The van der Waals surface area contributed by atoms with Crippen LogP contribution in [0, 0.1) is 0 Å². The number of nitrogens with one attached hydrogen (secondary N) is 1. The molecule has 0 aliphatic carbocycles. The van der Waals surface area contributed by atoms with E-state index in [0.717, 1.165) is 17.9 Å². The maximum absolute atomic E-state index is 5.70. The van der Waals surface area contributed by atoms with Crippen molar-refractivity contribution in [1.82, 2.24) is 0 Å². The smallest absolute Gasteiger partial charge is 0.0400 e. The first-order chi connectivity index (χ1) is 10.3. The zero-order valence-corrected chi connectivity index (χ0v) is 12.4. The Morgan fingerprint density at radius 3 is 2.19 bits per heavy atom. The molecule has 0 spiro atoms. The number of nitrogens with two attached hydrogens (primary N) is 1. The van der Waals surface area contributed by atoms with E-state index in [2.05, 4.69) is 46.6 Å². The van der Waals surface area contributed by atoms with Crippen LogP contribution < -0.4 is 16.0 Å². The summed E-state index contributed by atoms with van der Waals surface area (Å²) in [6.45, 7) is 3.21. The summed E-state index contributed by atoms with van der Waals surface area (Å²) in [5.74, 6) is 0. The minimum atomic E-state index is 0.810. The van der Waals surface area contributed by atoms with Crippen molar-refractivity contribution in [2.45, 2.75) is 25.8 Å². The first kappa shape index (κ1) is 13.8. The molecular formula is C18H23N3. The van der Waals surface area contributed by atoms with E-state index in [4.69, 9.17) is 5.73 Å². The Hall–Kier alpha value is -2.16. The normalized spacial score (nSPS) is 15.0. The van der Waals surface area contributed by atoms with Crippen LogP contribution in [0.4, 0.5) is 17.1 Å². The molecule has 0 atom stereocenters. The Labute approximate surface area is 126 Å². The Morgan fingerprint density at radius 1 is 0.857 bits per heavy atom. The molecule has 1 fully saturated rings. The van der Waals surface area contributed by atoms with E-state index in [0.29, 0.717) is 0 Å². The van der Waals surface area contributed by atoms with Gasteiger partial charge in [0.05, 0.1) is 0 Å². The highest BCUT2D eigenvalue weighted by atomic mass is 15.1. The summed E-state index contributed by atoms with van der Waals surface area (Å²) in [6, 6.07) is 16.8. The fourth-order valence-electron chi connectivity index (χ4n) is 2.78. The molecule has 110 valence electrons. The number of piperidine rings is 1. The molecule has 3 rings (SSSR count). The van der Waals surface area contributed by atoms with Gasteiger partial charge in [0.1, 0.15) is 0 Å². The summed E-state index contributed by atoms with van der Waals surface area (Å²) < 4.78 is 0. The lowest BCUT2D eigenvalue weighted by Gasteiger charge is -2.28. The lowest BCUT2D eigenvalue weighted by molar-refractivity contribution is 0.578. The molecule has 0 unspecified atom stereocenters. The van der Waals surface area contributed by atoms with Crippen molar-refractivity contribution in [3.8, 4) is 0 Å². The van der Waals surface area contributed by atoms with Gasteiger partial charge < -0.3 is 16.0 Å². The van der Waals surface area contributed by atoms with Gasteiger partial charge in [-0.1, -0.05) is 12.1 Å². The lowest BCUT2D eigenvalue weighted by atomic mass is 10.1. The highest BCUT2D eigenvalue weighted by molar-refractivity contribution is 5.55. The van der Waals surface area contributed by atoms with Gasteiger partial charge in [-0.25, -0.2) is 0 Å². The van der Waals surface area contributed by atoms with Crippen molar-refractivity contribution in [3.05, 3.63) is 54.1 Å². The molecule has 3 N–H and O–H groups in total. The number of nitrogen functional groups attached to an aromatic ring is 1. The van der Waals surface area contributed by atoms with E-state index in [1.165, 1.54) is 43.6 Å². The van der Waals surface area contributed by atoms with Gasteiger partial charge in [-0.2, -0.15) is 0 Å². The molecule has 3 heteroatoms. The SMILES string of the molecule is Nc1ccc(CNc2ccc(N3CCCCC3)cc2)cc1. The van der Waals surface area contributed by atoms with Crippen LogP contribution in [-0.4, -0.2) is 13.1 Å². The monoisotopic (exact) mass is 281 g/mol. The quantitative estimate of drug-likeness (QED) is 0.836. The highest BCUT2D eigenvalue weighted by Crippen LogP contribution is 2.22. The molecule has 0 saturated carbocycles. The molecule has 21 heavy (non-hydrogen) atoms. The standard InChI is InChI=1S/C18H23N3/c19-16-6-4-15(5-7-16)14-20-17-8-10-18(11-9-17)21-12-2-1-3-13-21/h4-11,20H,1-3,12-14,19H2. The lowest BCUT2D eigenvalue weighted by Crippen LogP contribution is -2.29. The van der Waals surface area contributed by atoms with E-state index in [9.17, 15) is 0 Å². The van der Waals surface area contributed by atoms with Gasteiger partial charge in [0.25, 0.3) is 0 Å². The van der Waals surface area contributed by atoms with Crippen LogP contribution in [0.3, 0.4) is 0 Å². The number of hydrogen-bond acceptors (Lipinski definition) is 3. The Morgan fingerprint density at radius 2 is 1.52 bits per heavy atom. The Bertz CT molecular complexity index is 554. The second-order valence-corrected chi connectivity index (χ2v) is 5.69. The van der Waals surface area contributed by atoms with Gasteiger partial charge in [0, 0.05) is 36.7 Å². The van der Waals surface area contributed by atoms with Crippen LogP contribution in [-0.2, 0) is 6.54 Å². The minimum absolute atomic E-state index is 0.810. The third-order valence-corrected chi connectivity index (χ3v) is 4.06. The molecule has 1 heterocycles. The van der Waals surface area contributed by atoms with Gasteiger partial charge in [-0.3, -0.25) is 0 Å². The second-order valence-electron chi connectivity index (χ2n) is 5.69. The molecule has 1 aliphatic rings. The summed E-state index contributed by atoms with van der Waals surface area (Å²) in [5.41, 5.74) is 10.2. The van der Waals surface area contributed by atoms with E-state index in [1.54, 1.807) is 0 Å². The maximum Gasteiger partial charge on any atom is 0.0400 e. The highest BCUT2D eigenvalue weighted by Gasteiger charge is 2.10. The molecular weight excluding hydrogens is 258 g/mol. The van der Waals surface area contributed by atoms with E-state index in [-0.39, 0.29) is 0 Å². The van der Waals surface area contributed by atoms with Crippen molar-refractivity contribution in [2.75, 3.05) is 29.0 Å². The summed E-state index contributed by atoms with van der Waals surface area (Å²) in [6.07, 6.45) is 4.01. The Balaban J connectivity index is 1.57. The second kappa shape index (κ2) is 6.53. The number of anilines is 3. The summed E-state index contributed by atoms with van der Waals surface area (Å²) in [7, 11) is 0. The third-order valence-electron chi connectivity index (χ3n) is 4.06. The number of rotatable bonds is 4. The molecule has 2 aromatic rings. The fourth-order valence-corrected chi connectivity index (χ4v) is 2.78. The minimum Gasteiger partial charge on any atom is -0.399 e. The molecule has 0 aromatic heterocycles. The van der Waals surface area contributed by atoms with Gasteiger partial charge in [-0.05, 0) is 61.2 Å². The van der Waals surface area contributed by atoms with E-state index in [1.807, 2.05) is 12.1 Å². The summed E-state index contributed by atoms with van der Waals surface area (Å²) in [4.78, 5) is 2.48. The molecule has 0 bridgehead atoms. The molecule has 0 radical (unpaired) electrons. The van der Waals surface area contributed by atoms with Crippen molar-refractivity contribution < 1.29 is 0 Å². The predicted molar refractivity (Wildman–Crippen MR) is 90.7 cm³/mol. The molecule has 0 amide bonds.